The number of nitrogens with two attached hydrogens (primary N) is 1. The highest BCUT2D eigenvalue weighted by molar-refractivity contribution is 7.89. The van der Waals surface area contributed by atoms with E-state index < -0.39 is 16.1 Å². The Bertz CT molecular complexity index is 889. The number of sulfonamides is 1. The van der Waals surface area contributed by atoms with Crippen LogP contribution < -0.4 is 5.73 Å². The Morgan fingerprint density at radius 2 is 1.61 bits per heavy atom. The maximum atomic E-state index is 12.8. The van der Waals surface area contributed by atoms with E-state index in [0.717, 1.165) is 11.1 Å². The van der Waals surface area contributed by atoms with Crippen LogP contribution in [0.15, 0.2) is 59.5 Å². The molecule has 1 heterocycles. The Morgan fingerprint density at radius 1 is 0.964 bits per heavy atom. The van der Waals surface area contributed by atoms with Gasteiger partial charge in [0.15, 0.2) is 0 Å². The van der Waals surface area contributed by atoms with Gasteiger partial charge in [0.05, 0.1) is 4.90 Å². The largest absolute Gasteiger partial charge is 0.340 e. The molecule has 1 aliphatic heterocycles. The van der Waals surface area contributed by atoms with Gasteiger partial charge in [0.25, 0.3) is 0 Å². The fraction of sp³-hybridized carbons (Fsp3) is 0.350. The molecule has 0 aromatic heterocycles. The molecule has 0 saturated carbocycles. The van der Waals surface area contributed by atoms with E-state index in [1.165, 1.54) is 4.31 Å². The van der Waals surface area contributed by atoms with Crippen molar-refractivity contribution in [3.05, 3.63) is 65.7 Å². The number of amides is 1. The van der Waals surface area contributed by atoms with E-state index in [1.54, 1.807) is 35.2 Å². The maximum absolute atomic E-state index is 12.8. The molecule has 28 heavy (non-hydrogen) atoms. The highest BCUT2D eigenvalue weighted by Gasteiger charge is 2.30. The van der Waals surface area contributed by atoms with Crippen molar-refractivity contribution in [1.29, 1.82) is 0 Å². The van der Waals surface area contributed by atoms with E-state index in [1.807, 2.05) is 31.2 Å². The first-order valence-electron chi connectivity index (χ1n) is 9.06. The zero-order valence-corrected chi connectivity index (χ0v) is 17.5. The molecule has 0 bridgehead atoms. The van der Waals surface area contributed by atoms with Crippen LogP contribution in [0.5, 0.6) is 0 Å². The van der Waals surface area contributed by atoms with E-state index >= 15 is 0 Å². The van der Waals surface area contributed by atoms with Crippen molar-refractivity contribution in [1.82, 2.24) is 9.21 Å². The van der Waals surface area contributed by atoms with Crippen molar-refractivity contribution >= 4 is 28.3 Å². The third kappa shape index (κ3) is 4.91. The number of carbonyl (C=O) groups excluding carboxylic acids is 1. The van der Waals surface area contributed by atoms with Gasteiger partial charge < -0.3 is 10.6 Å². The number of halogens is 1. The summed E-state index contributed by atoms with van der Waals surface area (Å²) in [5.74, 6) is -0.169. The predicted octanol–water partition coefficient (Wildman–Crippen LogP) is 2.34. The molecular formula is C20H26ClN3O3S. The van der Waals surface area contributed by atoms with Crippen molar-refractivity contribution in [2.75, 3.05) is 26.2 Å². The summed E-state index contributed by atoms with van der Waals surface area (Å²) in [6.45, 7) is 3.47. The molecule has 1 unspecified atom stereocenters. The third-order valence-corrected chi connectivity index (χ3v) is 6.76. The first kappa shape index (κ1) is 22.4. The van der Waals surface area contributed by atoms with Crippen LogP contribution in [0.3, 0.4) is 0 Å². The summed E-state index contributed by atoms with van der Waals surface area (Å²) in [5, 5.41) is 0. The zero-order chi connectivity index (χ0) is 19.4. The van der Waals surface area contributed by atoms with Gasteiger partial charge in [-0.25, -0.2) is 8.42 Å². The van der Waals surface area contributed by atoms with Crippen LogP contribution in [0.4, 0.5) is 0 Å². The number of nitrogens with zero attached hydrogens (tertiary/aromatic N) is 2. The molecular weight excluding hydrogens is 398 g/mol. The molecule has 2 aromatic carbocycles. The molecule has 1 fully saturated rings. The van der Waals surface area contributed by atoms with Gasteiger partial charge in [-0.1, -0.05) is 48.0 Å². The lowest BCUT2D eigenvalue weighted by molar-refractivity contribution is -0.132. The lowest BCUT2D eigenvalue weighted by Crippen LogP contribution is -2.41. The summed E-state index contributed by atoms with van der Waals surface area (Å²) in [7, 11) is -3.55. The van der Waals surface area contributed by atoms with E-state index in [4.69, 9.17) is 5.73 Å². The second kappa shape index (κ2) is 9.52. The number of hydrogen-bond acceptors (Lipinski definition) is 4. The van der Waals surface area contributed by atoms with Crippen LogP contribution in [0, 0.1) is 6.92 Å². The Hall–Kier alpha value is -1.93. The molecule has 2 N–H and O–H groups in total. The van der Waals surface area contributed by atoms with Gasteiger partial charge in [0.2, 0.25) is 15.9 Å². The van der Waals surface area contributed by atoms with E-state index in [9.17, 15) is 13.2 Å². The number of carbonyl (C=O) groups is 1. The third-order valence-electron chi connectivity index (χ3n) is 4.85. The summed E-state index contributed by atoms with van der Waals surface area (Å²) < 4.78 is 27.1. The summed E-state index contributed by atoms with van der Waals surface area (Å²) in [5.41, 5.74) is 8.03. The smallest absolute Gasteiger partial charge is 0.244 e. The quantitative estimate of drug-likeness (QED) is 0.818. The minimum Gasteiger partial charge on any atom is -0.340 e. The molecule has 0 radical (unpaired) electrons. The molecule has 1 saturated heterocycles. The van der Waals surface area contributed by atoms with Crippen LogP contribution in [0.25, 0.3) is 0 Å². The van der Waals surface area contributed by atoms with Crippen LogP contribution in [0.2, 0.25) is 0 Å². The Morgan fingerprint density at radius 3 is 2.25 bits per heavy atom. The van der Waals surface area contributed by atoms with Gasteiger partial charge in [-0.3, -0.25) is 4.79 Å². The summed E-state index contributed by atoms with van der Waals surface area (Å²) in [4.78, 5) is 14.7. The van der Waals surface area contributed by atoms with Crippen LogP contribution in [-0.2, 0) is 14.8 Å². The van der Waals surface area contributed by atoms with E-state index in [2.05, 4.69) is 0 Å². The minimum atomic E-state index is -3.55. The fourth-order valence-corrected chi connectivity index (χ4v) is 4.70. The minimum absolute atomic E-state index is 0. The average Bonchev–Trinajstić information content (AvgIpc) is 2.95. The topological polar surface area (TPSA) is 83.7 Å². The van der Waals surface area contributed by atoms with Gasteiger partial charge in [-0.05, 0) is 31.0 Å². The molecule has 3 rings (SSSR count). The normalized spacial score (nSPS) is 16.7. The second-order valence-electron chi connectivity index (χ2n) is 6.78. The highest BCUT2D eigenvalue weighted by atomic mass is 35.5. The first-order chi connectivity index (χ1) is 12.9. The lowest BCUT2D eigenvalue weighted by atomic mass is 10.0. The molecule has 6 nitrogen and oxygen atoms in total. The van der Waals surface area contributed by atoms with E-state index in [-0.39, 0.29) is 29.8 Å². The summed E-state index contributed by atoms with van der Waals surface area (Å²) >= 11 is 0. The average molecular weight is 424 g/mol. The SMILES string of the molecule is Cc1ccc(C(N)C(=O)N2CCCN(S(=O)(=O)c3ccccc3)CC2)cc1.Cl. The first-order valence-corrected chi connectivity index (χ1v) is 10.5. The molecule has 8 heteroatoms. The predicted molar refractivity (Wildman–Crippen MR) is 112 cm³/mol. The number of aryl methyl sites for hydroxylation is 1. The maximum Gasteiger partial charge on any atom is 0.244 e. The fourth-order valence-electron chi connectivity index (χ4n) is 3.21. The Kier molecular flexibility index (Phi) is 7.60. The monoisotopic (exact) mass is 423 g/mol. The molecule has 0 spiro atoms. The standard InChI is InChI=1S/C20H25N3O3S.ClH/c1-16-8-10-17(11-9-16)19(21)20(24)22-12-5-13-23(15-14-22)27(25,26)18-6-3-2-4-7-18;/h2-4,6-11,19H,5,12-15,21H2,1H3;1H. The molecule has 152 valence electrons. The van der Waals surface area contributed by atoms with Crippen molar-refractivity contribution in [2.24, 2.45) is 5.73 Å². The van der Waals surface area contributed by atoms with Crippen molar-refractivity contribution < 1.29 is 13.2 Å². The van der Waals surface area contributed by atoms with Crippen LogP contribution in [0.1, 0.15) is 23.6 Å². The lowest BCUT2D eigenvalue weighted by Gasteiger charge is -2.25. The zero-order valence-electron chi connectivity index (χ0n) is 15.8. The van der Waals surface area contributed by atoms with Crippen LogP contribution >= 0.6 is 12.4 Å². The Labute approximate surface area is 172 Å². The van der Waals surface area contributed by atoms with Gasteiger partial charge in [-0.2, -0.15) is 4.31 Å². The molecule has 1 aliphatic rings. The Balaban J connectivity index is 0.00000280. The number of rotatable bonds is 4. The summed E-state index contributed by atoms with van der Waals surface area (Å²) in [6, 6.07) is 15.2. The molecule has 2 aromatic rings. The molecule has 1 atom stereocenters. The highest BCUT2D eigenvalue weighted by Crippen LogP contribution is 2.19. The molecule has 1 amide bonds. The van der Waals surface area contributed by atoms with Crippen molar-refractivity contribution in [3.8, 4) is 0 Å². The molecule has 0 aliphatic carbocycles. The van der Waals surface area contributed by atoms with Gasteiger partial charge in [-0.15, -0.1) is 12.4 Å². The van der Waals surface area contributed by atoms with Gasteiger partial charge >= 0.3 is 0 Å². The van der Waals surface area contributed by atoms with Crippen molar-refractivity contribution in [3.63, 3.8) is 0 Å². The van der Waals surface area contributed by atoms with E-state index in [0.29, 0.717) is 26.1 Å². The van der Waals surface area contributed by atoms with Gasteiger partial charge in [0.1, 0.15) is 6.04 Å². The second-order valence-corrected chi connectivity index (χ2v) is 8.72. The number of hydrogen-bond donors (Lipinski definition) is 1. The van der Waals surface area contributed by atoms with Crippen LogP contribution in [-0.4, -0.2) is 49.7 Å². The van der Waals surface area contributed by atoms with Gasteiger partial charge in [0, 0.05) is 26.2 Å². The van der Waals surface area contributed by atoms with Crippen molar-refractivity contribution in [2.45, 2.75) is 24.3 Å². The summed E-state index contributed by atoms with van der Waals surface area (Å²) in [6.07, 6.45) is 0.582. The number of benzene rings is 2.